The summed E-state index contributed by atoms with van der Waals surface area (Å²) in [7, 11) is 0. The van der Waals surface area contributed by atoms with E-state index in [4.69, 9.17) is 0 Å². The molecule has 0 aliphatic carbocycles. The SMILES string of the molecule is Cc1ccc(-c2nc3c(C)cccc3s2)cc1O. The molecule has 1 heterocycles. The smallest absolute Gasteiger partial charge is 0.124 e. The molecule has 0 aliphatic rings. The van der Waals surface area contributed by atoms with E-state index in [1.165, 1.54) is 10.3 Å². The number of benzene rings is 2. The summed E-state index contributed by atoms with van der Waals surface area (Å²) in [6, 6.07) is 11.9. The molecule has 0 aliphatic heterocycles. The molecule has 1 N–H and O–H groups in total. The number of hydrogen-bond acceptors (Lipinski definition) is 3. The molecule has 0 spiro atoms. The Hall–Kier alpha value is -1.87. The first kappa shape index (κ1) is 11.2. The molecule has 0 atom stereocenters. The quantitative estimate of drug-likeness (QED) is 0.703. The average Bonchev–Trinajstić information content (AvgIpc) is 2.78. The molecule has 0 unspecified atom stereocenters. The lowest BCUT2D eigenvalue weighted by atomic mass is 10.1. The fraction of sp³-hybridized carbons (Fsp3) is 0.133. The predicted octanol–water partition coefficient (Wildman–Crippen LogP) is 4.29. The first-order valence-corrected chi connectivity index (χ1v) is 6.63. The van der Waals surface area contributed by atoms with Gasteiger partial charge in [0.05, 0.1) is 10.2 Å². The highest BCUT2D eigenvalue weighted by molar-refractivity contribution is 7.21. The third-order valence-electron chi connectivity index (χ3n) is 3.08. The molecule has 0 saturated heterocycles. The number of para-hydroxylation sites is 1. The van der Waals surface area contributed by atoms with Gasteiger partial charge in [-0.2, -0.15) is 0 Å². The van der Waals surface area contributed by atoms with Gasteiger partial charge in [-0.05, 0) is 37.1 Å². The van der Waals surface area contributed by atoms with Crippen molar-refractivity contribution in [1.29, 1.82) is 0 Å². The molecule has 0 bridgehead atoms. The molecule has 3 aromatic rings. The molecule has 2 aromatic carbocycles. The molecule has 2 nitrogen and oxygen atoms in total. The Morgan fingerprint density at radius 3 is 2.61 bits per heavy atom. The van der Waals surface area contributed by atoms with Crippen molar-refractivity contribution < 1.29 is 5.11 Å². The van der Waals surface area contributed by atoms with Crippen LogP contribution in [0.4, 0.5) is 0 Å². The third kappa shape index (κ3) is 1.77. The van der Waals surface area contributed by atoms with Crippen LogP contribution in [0.3, 0.4) is 0 Å². The van der Waals surface area contributed by atoms with Crippen LogP contribution in [0.1, 0.15) is 11.1 Å². The molecule has 90 valence electrons. The number of phenols is 1. The number of nitrogens with zero attached hydrogens (tertiary/aromatic N) is 1. The Morgan fingerprint density at radius 1 is 1.06 bits per heavy atom. The normalized spacial score (nSPS) is 11.0. The van der Waals surface area contributed by atoms with E-state index in [-0.39, 0.29) is 0 Å². The van der Waals surface area contributed by atoms with Gasteiger partial charge in [0.25, 0.3) is 0 Å². The molecule has 0 amide bonds. The van der Waals surface area contributed by atoms with Crippen molar-refractivity contribution in [2.75, 3.05) is 0 Å². The molecule has 18 heavy (non-hydrogen) atoms. The van der Waals surface area contributed by atoms with Crippen molar-refractivity contribution in [2.24, 2.45) is 0 Å². The second-order valence-corrected chi connectivity index (χ2v) is 5.47. The van der Waals surface area contributed by atoms with E-state index < -0.39 is 0 Å². The number of aromatic nitrogens is 1. The van der Waals surface area contributed by atoms with Crippen LogP contribution in [0, 0.1) is 13.8 Å². The van der Waals surface area contributed by atoms with Gasteiger partial charge < -0.3 is 5.11 Å². The Kier molecular flexibility index (Phi) is 2.56. The minimum atomic E-state index is 0.323. The van der Waals surface area contributed by atoms with E-state index in [0.29, 0.717) is 5.75 Å². The lowest BCUT2D eigenvalue weighted by molar-refractivity contribution is 0.471. The Morgan fingerprint density at radius 2 is 1.89 bits per heavy atom. The standard InChI is InChI=1S/C15H13NOS/c1-9-6-7-11(8-12(9)17)15-16-14-10(2)4-3-5-13(14)18-15/h3-8,17H,1-2H3. The zero-order chi connectivity index (χ0) is 12.7. The van der Waals surface area contributed by atoms with Crippen molar-refractivity contribution in [2.45, 2.75) is 13.8 Å². The van der Waals surface area contributed by atoms with Gasteiger partial charge in [-0.3, -0.25) is 0 Å². The first-order chi connectivity index (χ1) is 8.65. The zero-order valence-electron chi connectivity index (χ0n) is 10.3. The van der Waals surface area contributed by atoms with E-state index in [9.17, 15) is 5.11 Å². The predicted molar refractivity (Wildman–Crippen MR) is 76.2 cm³/mol. The Labute approximate surface area is 110 Å². The summed E-state index contributed by atoms with van der Waals surface area (Å²) in [5.74, 6) is 0.323. The lowest BCUT2D eigenvalue weighted by Crippen LogP contribution is -1.79. The van der Waals surface area contributed by atoms with Gasteiger partial charge in [0, 0.05) is 5.56 Å². The zero-order valence-corrected chi connectivity index (χ0v) is 11.1. The van der Waals surface area contributed by atoms with Crippen LogP contribution in [0.2, 0.25) is 0 Å². The summed E-state index contributed by atoms with van der Waals surface area (Å²) in [5.41, 5.74) is 4.10. The molecule has 3 heteroatoms. The van der Waals surface area contributed by atoms with Gasteiger partial charge in [0.1, 0.15) is 10.8 Å². The lowest BCUT2D eigenvalue weighted by Gasteiger charge is -2.00. The van der Waals surface area contributed by atoms with Gasteiger partial charge in [-0.1, -0.05) is 24.3 Å². The van der Waals surface area contributed by atoms with Crippen LogP contribution in [0.15, 0.2) is 36.4 Å². The Balaban J connectivity index is 2.19. The summed E-state index contributed by atoms with van der Waals surface area (Å²) >= 11 is 1.66. The second kappa shape index (κ2) is 4.10. The van der Waals surface area contributed by atoms with E-state index >= 15 is 0 Å². The third-order valence-corrected chi connectivity index (χ3v) is 4.15. The van der Waals surface area contributed by atoms with E-state index in [1.54, 1.807) is 17.4 Å². The number of rotatable bonds is 1. The maximum Gasteiger partial charge on any atom is 0.124 e. The number of aromatic hydroxyl groups is 1. The van der Waals surface area contributed by atoms with Crippen molar-refractivity contribution in [3.63, 3.8) is 0 Å². The molecular formula is C15H13NOS. The topological polar surface area (TPSA) is 33.1 Å². The van der Waals surface area contributed by atoms with Crippen molar-refractivity contribution >= 4 is 21.6 Å². The second-order valence-electron chi connectivity index (χ2n) is 4.44. The summed E-state index contributed by atoms with van der Waals surface area (Å²) in [6.07, 6.45) is 0. The van der Waals surface area contributed by atoms with Gasteiger partial charge in [0.15, 0.2) is 0 Å². The molecule has 0 fully saturated rings. The van der Waals surface area contributed by atoms with Crippen molar-refractivity contribution in [3.8, 4) is 16.3 Å². The molecule has 3 rings (SSSR count). The molecule has 0 saturated carbocycles. The Bertz CT molecular complexity index is 730. The highest BCUT2D eigenvalue weighted by atomic mass is 32.1. The number of phenolic OH excluding ortho intramolecular Hbond substituents is 1. The summed E-state index contributed by atoms with van der Waals surface area (Å²) in [6.45, 7) is 3.96. The number of thiazole rings is 1. The van der Waals surface area contributed by atoms with Gasteiger partial charge in [0.2, 0.25) is 0 Å². The summed E-state index contributed by atoms with van der Waals surface area (Å²) in [4.78, 5) is 4.66. The van der Waals surface area contributed by atoms with Gasteiger partial charge in [-0.25, -0.2) is 4.98 Å². The van der Waals surface area contributed by atoms with Gasteiger partial charge >= 0.3 is 0 Å². The molecule has 0 radical (unpaired) electrons. The average molecular weight is 255 g/mol. The molecule has 1 aromatic heterocycles. The van der Waals surface area contributed by atoms with Crippen molar-refractivity contribution in [3.05, 3.63) is 47.5 Å². The first-order valence-electron chi connectivity index (χ1n) is 5.81. The fourth-order valence-electron chi connectivity index (χ4n) is 1.95. The minimum Gasteiger partial charge on any atom is -0.508 e. The minimum absolute atomic E-state index is 0.323. The largest absolute Gasteiger partial charge is 0.508 e. The van der Waals surface area contributed by atoms with Crippen LogP contribution in [-0.4, -0.2) is 10.1 Å². The number of fused-ring (bicyclic) bond motifs is 1. The van der Waals surface area contributed by atoms with Gasteiger partial charge in [-0.15, -0.1) is 11.3 Å². The van der Waals surface area contributed by atoms with Crippen LogP contribution in [0.25, 0.3) is 20.8 Å². The van der Waals surface area contributed by atoms with Crippen LogP contribution in [0.5, 0.6) is 5.75 Å². The summed E-state index contributed by atoms with van der Waals surface area (Å²) in [5, 5.41) is 10.7. The van der Waals surface area contributed by atoms with Crippen molar-refractivity contribution in [1.82, 2.24) is 4.98 Å². The monoisotopic (exact) mass is 255 g/mol. The maximum atomic E-state index is 9.77. The fourth-order valence-corrected chi connectivity index (χ4v) is 2.99. The number of aryl methyl sites for hydroxylation is 2. The van der Waals surface area contributed by atoms with E-state index in [0.717, 1.165) is 21.7 Å². The highest BCUT2D eigenvalue weighted by Crippen LogP contribution is 2.33. The van der Waals surface area contributed by atoms with E-state index in [2.05, 4.69) is 24.0 Å². The van der Waals surface area contributed by atoms with Crippen LogP contribution in [-0.2, 0) is 0 Å². The number of hydrogen-bond donors (Lipinski definition) is 1. The maximum absolute atomic E-state index is 9.77. The molecular weight excluding hydrogens is 242 g/mol. The van der Waals surface area contributed by atoms with Crippen LogP contribution >= 0.6 is 11.3 Å². The van der Waals surface area contributed by atoms with Crippen LogP contribution < -0.4 is 0 Å². The summed E-state index contributed by atoms with van der Waals surface area (Å²) < 4.78 is 1.19. The highest BCUT2D eigenvalue weighted by Gasteiger charge is 2.08. The van der Waals surface area contributed by atoms with E-state index in [1.807, 2.05) is 25.1 Å².